The monoisotopic (exact) mass is 186 g/mol. The Morgan fingerprint density at radius 2 is 2.00 bits per heavy atom. The van der Waals surface area contributed by atoms with E-state index in [9.17, 15) is 4.79 Å². The molecule has 0 aliphatic rings. The van der Waals surface area contributed by atoms with Gasteiger partial charge in [0.05, 0.1) is 5.54 Å². The van der Waals surface area contributed by atoms with E-state index >= 15 is 0 Å². The molecule has 0 spiro atoms. The van der Waals surface area contributed by atoms with E-state index < -0.39 is 0 Å². The first kappa shape index (κ1) is 12.2. The standard InChI is InChI=1S/C10H19NO2/c1-8(2)9(12)13-7-6-11-10(3,4)5/h11H,1,6-7H2,2-5H3/p+1. The molecule has 0 radical (unpaired) electrons. The minimum atomic E-state index is -0.303. The van der Waals surface area contributed by atoms with Crippen LogP contribution in [0.2, 0.25) is 0 Å². The zero-order chi connectivity index (χ0) is 10.5. The molecule has 0 aromatic rings. The lowest BCUT2D eigenvalue weighted by Crippen LogP contribution is -2.95. The molecule has 0 aliphatic carbocycles. The van der Waals surface area contributed by atoms with Crippen LogP contribution in [0.25, 0.3) is 0 Å². The van der Waals surface area contributed by atoms with Gasteiger partial charge in [-0.1, -0.05) is 6.58 Å². The van der Waals surface area contributed by atoms with Gasteiger partial charge in [-0.25, -0.2) is 4.79 Å². The molecule has 2 N–H and O–H groups in total. The van der Waals surface area contributed by atoms with Crippen LogP contribution in [0.15, 0.2) is 12.2 Å². The lowest BCUT2D eigenvalue weighted by atomic mass is 10.1. The van der Waals surface area contributed by atoms with Gasteiger partial charge in [0.15, 0.2) is 0 Å². The number of esters is 1. The van der Waals surface area contributed by atoms with E-state index in [1.54, 1.807) is 6.92 Å². The first-order chi connectivity index (χ1) is 5.83. The SMILES string of the molecule is C=C(C)C(=O)OCC[NH2+]C(C)(C)C. The molecule has 0 fully saturated rings. The Balaban J connectivity index is 3.47. The van der Waals surface area contributed by atoms with Crippen molar-refractivity contribution < 1.29 is 14.8 Å². The van der Waals surface area contributed by atoms with E-state index in [2.05, 4.69) is 32.7 Å². The second-order valence-electron chi connectivity index (χ2n) is 4.28. The second-order valence-corrected chi connectivity index (χ2v) is 4.28. The third-order valence-electron chi connectivity index (χ3n) is 1.46. The van der Waals surface area contributed by atoms with Crippen molar-refractivity contribution in [3.63, 3.8) is 0 Å². The van der Waals surface area contributed by atoms with E-state index in [-0.39, 0.29) is 11.5 Å². The van der Waals surface area contributed by atoms with Gasteiger partial charge in [-0.05, 0) is 27.7 Å². The summed E-state index contributed by atoms with van der Waals surface area (Å²) < 4.78 is 4.93. The first-order valence-corrected chi connectivity index (χ1v) is 4.50. The number of quaternary nitrogens is 1. The molecule has 0 aliphatic heterocycles. The summed E-state index contributed by atoms with van der Waals surface area (Å²) in [6.07, 6.45) is 0. The Bertz CT molecular complexity index is 192. The summed E-state index contributed by atoms with van der Waals surface area (Å²) >= 11 is 0. The van der Waals surface area contributed by atoms with Crippen molar-refractivity contribution in [1.82, 2.24) is 0 Å². The molecular formula is C10H20NO2+. The fraction of sp³-hybridized carbons (Fsp3) is 0.700. The molecule has 0 rings (SSSR count). The maximum atomic E-state index is 10.9. The summed E-state index contributed by atoms with van der Waals surface area (Å²) in [5, 5.41) is 2.14. The van der Waals surface area contributed by atoms with Crippen molar-refractivity contribution in [3.05, 3.63) is 12.2 Å². The molecule has 3 nitrogen and oxygen atoms in total. The van der Waals surface area contributed by atoms with Crippen LogP contribution in [-0.4, -0.2) is 24.7 Å². The molecule has 0 unspecified atom stereocenters. The highest BCUT2D eigenvalue weighted by atomic mass is 16.5. The fourth-order valence-electron chi connectivity index (χ4n) is 0.767. The quantitative estimate of drug-likeness (QED) is 0.394. The first-order valence-electron chi connectivity index (χ1n) is 4.50. The van der Waals surface area contributed by atoms with Crippen molar-refractivity contribution in [2.75, 3.05) is 13.2 Å². The van der Waals surface area contributed by atoms with Gasteiger partial charge in [0, 0.05) is 5.57 Å². The Morgan fingerprint density at radius 3 is 2.38 bits per heavy atom. The number of nitrogens with two attached hydrogens (primary N) is 1. The third kappa shape index (κ3) is 7.53. The fourth-order valence-corrected chi connectivity index (χ4v) is 0.767. The molecule has 0 saturated carbocycles. The molecule has 0 atom stereocenters. The van der Waals surface area contributed by atoms with Crippen molar-refractivity contribution in [2.24, 2.45) is 0 Å². The zero-order valence-corrected chi connectivity index (χ0v) is 9.02. The summed E-state index contributed by atoms with van der Waals surface area (Å²) in [6, 6.07) is 0. The van der Waals surface area contributed by atoms with Crippen LogP contribution in [0.3, 0.4) is 0 Å². The average molecular weight is 186 g/mol. The number of carbonyl (C=O) groups excluding carboxylic acids is 1. The lowest BCUT2D eigenvalue weighted by molar-refractivity contribution is -0.717. The van der Waals surface area contributed by atoms with Gasteiger partial charge < -0.3 is 10.1 Å². The molecule has 0 bridgehead atoms. The van der Waals surface area contributed by atoms with E-state index in [0.29, 0.717) is 12.2 Å². The summed E-state index contributed by atoms with van der Waals surface area (Å²) in [7, 11) is 0. The Labute approximate surface area is 80.2 Å². The highest BCUT2D eigenvalue weighted by Crippen LogP contribution is 1.91. The number of hydrogen-bond donors (Lipinski definition) is 1. The van der Waals surface area contributed by atoms with E-state index in [1.165, 1.54) is 0 Å². The Kier molecular flexibility index (Phi) is 4.70. The van der Waals surface area contributed by atoms with Gasteiger partial charge in [-0.3, -0.25) is 0 Å². The maximum absolute atomic E-state index is 10.9. The normalized spacial score (nSPS) is 11.1. The molecule has 76 valence electrons. The molecular weight excluding hydrogens is 166 g/mol. The number of ether oxygens (including phenoxy) is 1. The molecule has 0 aromatic heterocycles. The third-order valence-corrected chi connectivity index (χ3v) is 1.46. The van der Waals surface area contributed by atoms with Crippen LogP contribution >= 0.6 is 0 Å². The number of rotatable bonds is 4. The highest BCUT2D eigenvalue weighted by Gasteiger charge is 2.12. The van der Waals surface area contributed by atoms with Crippen LogP contribution in [0.4, 0.5) is 0 Å². The van der Waals surface area contributed by atoms with Crippen LogP contribution in [-0.2, 0) is 9.53 Å². The summed E-state index contributed by atoms with van der Waals surface area (Å²) in [4.78, 5) is 10.9. The summed E-state index contributed by atoms with van der Waals surface area (Å²) in [6.45, 7) is 12.7. The maximum Gasteiger partial charge on any atom is 0.333 e. The van der Waals surface area contributed by atoms with Gasteiger partial charge in [0.1, 0.15) is 13.2 Å². The van der Waals surface area contributed by atoms with E-state index in [0.717, 1.165) is 6.54 Å². The average Bonchev–Trinajstić information content (AvgIpc) is 1.95. The molecule has 0 saturated heterocycles. The largest absolute Gasteiger partial charge is 0.456 e. The Hall–Kier alpha value is -0.830. The van der Waals surface area contributed by atoms with Crippen LogP contribution in [0.5, 0.6) is 0 Å². The summed E-state index contributed by atoms with van der Waals surface area (Å²) in [5.74, 6) is -0.303. The van der Waals surface area contributed by atoms with Crippen molar-refractivity contribution >= 4 is 5.97 Å². The molecule has 0 aromatic carbocycles. The molecule has 3 heteroatoms. The van der Waals surface area contributed by atoms with Crippen LogP contribution < -0.4 is 5.32 Å². The zero-order valence-electron chi connectivity index (χ0n) is 9.02. The lowest BCUT2D eigenvalue weighted by Gasteiger charge is -2.16. The van der Waals surface area contributed by atoms with Crippen molar-refractivity contribution in [3.8, 4) is 0 Å². The molecule has 0 amide bonds. The molecule has 0 heterocycles. The second kappa shape index (κ2) is 5.02. The smallest absolute Gasteiger partial charge is 0.333 e. The summed E-state index contributed by atoms with van der Waals surface area (Å²) in [5.41, 5.74) is 0.645. The van der Waals surface area contributed by atoms with Gasteiger partial charge in [0.2, 0.25) is 0 Å². The number of hydrogen-bond acceptors (Lipinski definition) is 2. The van der Waals surface area contributed by atoms with Crippen LogP contribution in [0, 0.1) is 0 Å². The Morgan fingerprint density at radius 1 is 1.46 bits per heavy atom. The van der Waals surface area contributed by atoms with E-state index in [1.807, 2.05) is 0 Å². The molecule has 13 heavy (non-hydrogen) atoms. The van der Waals surface area contributed by atoms with Crippen molar-refractivity contribution in [2.45, 2.75) is 33.2 Å². The van der Waals surface area contributed by atoms with Gasteiger partial charge in [0.25, 0.3) is 0 Å². The highest BCUT2D eigenvalue weighted by molar-refractivity contribution is 5.86. The van der Waals surface area contributed by atoms with E-state index in [4.69, 9.17) is 4.74 Å². The minimum absolute atomic E-state index is 0.190. The topological polar surface area (TPSA) is 42.9 Å². The van der Waals surface area contributed by atoms with Crippen LogP contribution in [0.1, 0.15) is 27.7 Å². The van der Waals surface area contributed by atoms with Crippen molar-refractivity contribution in [1.29, 1.82) is 0 Å². The number of carbonyl (C=O) groups is 1. The van der Waals surface area contributed by atoms with Gasteiger partial charge in [-0.15, -0.1) is 0 Å². The van der Waals surface area contributed by atoms with Gasteiger partial charge in [-0.2, -0.15) is 0 Å². The predicted molar refractivity (Wildman–Crippen MR) is 52.3 cm³/mol. The minimum Gasteiger partial charge on any atom is -0.456 e. The predicted octanol–water partition coefficient (Wildman–Crippen LogP) is 0.468. The van der Waals surface area contributed by atoms with Gasteiger partial charge >= 0.3 is 5.97 Å².